The minimum Gasteiger partial charge on any atom is -0.465 e. The Hall–Kier alpha value is -3.25. The maximum Gasteiger partial charge on any atom is 0.337 e. The molecule has 0 fully saturated rings. The zero-order valence-electron chi connectivity index (χ0n) is 16.1. The Bertz CT molecular complexity index is 1020. The Kier molecular flexibility index (Phi) is 6.24. The number of hydrogen-bond acceptors (Lipinski definition) is 5. The fourth-order valence-corrected chi connectivity index (χ4v) is 3.56. The molecule has 150 valence electrons. The van der Waals surface area contributed by atoms with E-state index in [9.17, 15) is 9.59 Å². The van der Waals surface area contributed by atoms with Crippen molar-refractivity contribution in [2.45, 2.75) is 19.8 Å². The fraction of sp³-hybridized carbons (Fsp3) is 0.182. The highest BCUT2D eigenvalue weighted by Gasteiger charge is 2.36. The standard InChI is InChI=1S/C22H21ClN2O4/c1-13-18(21(24)26)20(15-6-3-7-16(23)12-15)19(14(2)25-13)22(27)29-11-5-9-17-8-4-10-28-17/h3-10,12,20,25H,11H2,1-2H3,(H2,24,26)/b9-5+. The number of furan rings is 1. The third kappa shape index (κ3) is 4.60. The van der Waals surface area contributed by atoms with E-state index in [1.807, 2.05) is 0 Å². The number of primary amides is 1. The van der Waals surface area contributed by atoms with Gasteiger partial charge in [-0.1, -0.05) is 23.7 Å². The minimum atomic E-state index is -0.672. The molecule has 29 heavy (non-hydrogen) atoms. The van der Waals surface area contributed by atoms with Gasteiger partial charge in [-0.05, 0) is 55.8 Å². The van der Waals surface area contributed by atoms with Crippen molar-refractivity contribution in [1.29, 1.82) is 0 Å². The smallest absolute Gasteiger partial charge is 0.337 e. The maximum absolute atomic E-state index is 12.9. The number of esters is 1. The molecule has 1 unspecified atom stereocenters. The van der Waals surface area contributed by atoms with E-state index in [-0.39, 0.29) is 6.61 Å². The summed E-state index contributed by atoms with van der Waals surface area (Å²) >= 11 is 6.14. The van der Waals surface area contributed by atoms with Gasteiger partial charge < -0.3 is 20.2 Å². The first-order chi connectivity index (χ1) is 13.9. The third-order valence-corrected chi connectivity index (χ3v) is 4.80. The lowest BCUT2D eigenvalue weighted by molar-refractivity contribution is -0.138. The Morgan fingerprint density at radius 3 is 2.62 bits per heavy atom. The second kappa shape index (κ2) is 8.84. The number of nitrogens with one attached hydrogen (secondary N) is 1. The largest absolute Gasteiger partial charge is 0.465 e. The lowest BCUT2D eigenvalue weighted by atomic mass is 9.80. The van der Waals surface area contributed by atoms with Crippen molar-refractivity contribution >= 4 is 29.6 Å². The Balaban J connectivity index is 1.90. The van der Waals surface area contributed by atoms with Crippen molar-refractivity contribution in [3.63, 3.8) is 0 Å². The van der Waals surface area contributed by atoms with Crippen LogP contribution in [0.1, 0.15) is 31.1 Å². The van der Waals surface area contributed by atoms with Crippen LogP contribution in [0, 0.1) is 0 Å². The van der Waals surface area contributed by atoms with Gasteiger partial charge in [-0.2, -0.15) is 0 Å². The molecule has 0 saturated carbocycles. The summed E-state index contributed by atoms with van der Waals surface area (Å²) in [5.41, 5.74) is 8.13. The lowest BCUT2D eigenvalue weighted by Crippen LogP contribution is -2.34. The Morgan fingerprint density at radius 2 is 1.97 bits per heavy atom. The van der Waals surface area contributed by atoms with Gasteiger partial charge in [0.1, 0.15) is 12.4 Å². The predicted molar refractivity (Wildman–Crippen MR) is 111 cm³/mol. The van der Waals surface area contributed by atoms with E-state index < -0.39 is 17.8 Å². The van der Waals surface area contributed by atoms with Crippen LogP contribution in [-0.4, -0.2) is 18.5 Å². The minimum absolute atomic E-state index is 0.0488. The van der Waals surface area contributed by atoms with Gasteiger partial charge in [-0.15, -0.1) is 0 Å². The molecule has 1 amide bonds. The van der Waals surface area contributed by atoms with Gasteiger partial charge in [0, 0.05) is 22.0 Å². The number of benzene rings is 1. The van der Waals surface area contributed by atoms with Crippen molar-refractivity contribution < 1.29 is 18.7 Å². The predicted octanol–water partition coefficient (Wildman–Crippen LogP) is 3.91. The number of carbonyl (C=O) groups is 2. The second-order valence-electron chi connectivity index (χ2n) is 6.57. The molecule has 0 bridgehead atoms. The summed E-state index contributed by atoms with van der Waals surface area (Å²) in [4.78, 5) is 25.1. The van der Waals surface area contributed by atoms with E-state index in [1.165, 1.54) is 0 Å². The number of amides is 1. The molecule has 3 rings (SSSR count). The summed E-state index contributed by atoms with van der Waals surface area (Å²) < 4.78 is 10.6. The molecule has 0 aliphatic carbocycles. The summed E-state index contributed by atoms with van der Waals surface area (Å²) in [7, 11) is 0. The van der Waals surface area contributed by atoms with Crippen LogP contribution in [0.25, 0.3) is 6.08 Å². The average Bonchev–Trinajstić information content (AvgIpc) is 3.17. The van der Waals surface area contributed by atoms with Crippen LogP contribution in [0.15, 0.2) is 75.7 Å². The van der Waals surface area contributed by atoms with Crippen molar-refractivity contribution in [3.05, 3.63) is 87.6 Å². The monoisotopic (exact) mass is 412 g/mol. The average molecular weight is 413 g/mol. The Labute approximate surface area is 173 Å². The highest BCUT2D eigenvalue weighted by Crippen LogP contribution is 2.39. The van der Waals surface area contributed by atoms with Gasteiger partial charge in [0.15, 0.2) is 0 Å². The first-order valence-corrected chi connectivity index (χ1v) is 9.37. The number of hydrogen-bond donors (Lipinski definition) is 2. The molecule has 0 saturated heterocycles. The highest BCUT2D eigenvalue weighted by molar-refractivity contribution is 6.30. The Morgan fingerprint density at radius 1 is 1.21 bits per heavy atom. The van der Waals surface area contributed by atoms with Crippen molar-refractivity contribution in [2.75, 3.05) is 6.61 Å². The van der Waals surface area contributed by atoms with E-state index in [0.29, 0.717) is 38.9 Å². The van der Waals surface area contributed by atoms with Gasteiger partial charge in [-0.25, -0.2) is 4.79 Å². The number of carbonyl (C=O) groups excluding carboxylic acids is 2. The number of allylic oxidation sites excluding steroid dienone is 2. The van der Waals surface area contributed by atoms with E-state index in [4.69, 9.17) is 26.5 Å². The van der Waals surface area contributed by atoms with E-state index in [0.717, 1.165) is 0 Å². The molecule has 1 aliphatic rings. The van der Waals surface area contributed by atoms with Crippen LogP contribution < -0.4 is 11.1 Å². The molecule has 7 heteroatoms. The van der Waals surface area contributed by atoms with Gasteiger partial charge in [-0.3, -0.25) is 4.79 Å². The van der Waals surface area contributed by atoms with Crippen molar-refractivity contribution in [1.82, 2.24) is 5.32 Å². The number of halogens is 1. The van der Waals surface area contributed by atoms with Gasteiger partial charge in [0.2, 0.25) is 5.91 Å². The molecule has 0 spiro atoms. The van der Waals surface area contributed by atoms with E-state index >= 15 is 0 Å². The summed E-state index contributed by atoms with van der Waals surface area (Å²) in [5, 5.41) is 3.56. The van der Waals surface area contributed by atoms with Crippen LogP contribution in [0.4, 0.5) is 0 Å². The molecule has 3 N–H and O–H groups in total. The van der Waals surface area contributed by atoms with Crippen molar-refractivity contribution in [2.24, 2.45) is 5.73 Å². The molecule has 1 aliphatic heterocycles. The molecule has 1 aromatic heterocycles. The number of ether oxygens (including phenoxy) is 1. The first-order valence-electron chi connectivity index (χ1n) is 8.99. The van der Waals surface area contributed by atoms with Crippen LogP contribution in [0.5, 0.6) is 0 Å². The maximum atomic E-state index is 12.9. The number of nitrogens with two attached hydrogens (primary N) is 1. The molecule has 2 aromatic rings. The second-order valence-corrected chi connectivity index (χ2v) is 7.01. The van der Waals surface area contributed by atoms with E-state index in [2.05, 4.69) is 5.32 Å². The number of rotatable bonds is 6. The van der Waals surface area contributed by atoms with Gasteiger partial charge in [0.05, 0.1) is 17.8 Å². The number of dihydropyridines is 1. The molecule has 0 radical (unpaired) electrons. The van der Waals surface area contributed by atoms with Crippen LogP contribution in [0.3, 0.4) is 0 Å². The summed E-state index contributed by atoms with van der Waals surface area (Å²) in [6.07, 6.45) is 4.94. The molecule has 6 nitrogen and oxygen atoms in total. The molecule has 1 aromatic carbocycles. The topological polar surface area (TPSA) is 94.6 Å². The van der Waals surface area contributed by atoms with E-state index in [1.54, 1.807) is 68.7 Å². The highest BCUT2D eigenvalue weighted by atomic mass is 35.5. The molecule has 2 heterocycles. The normalized spacial score (nSPS) is 16.9. The molecular formula is C22H21ClN2O4. The van der Waals surface area contributed by atoms with Crippen LogP contribution in [-0.2, 0) is 14.3 Å². The van der Waals surface area contributed by atoms with Crippen LogP contribution >= 0.6 is 11.6 Å². The van der Waals surface area contributed by atoms with Crippen molar-refractivity contribution in [3.8, 4) is 0 Å². The fourth-order valence-electron chi connectivity index (χ4n) is 3.36. The summed E-state index contributed by atoms with van der Waals surface area (Å²) in [5.74, 6) is -1.18. The molecular weight excluding hydrogens is 392 g/mol. The van der Waals surface area contributed by atoms with Crippen LogP contribution in [0.2, 0.25) is 5.02 Å². The lowest BCUT2D eigenvalue weighted by Gasteiger charge is -2.30. The van der Waals surface area contributed by atoms with Gasteiger partial charge in [0.25, 0.3) is 0 Å². The molecule has 1 atom stereocenters. The zero-order valence-corrected chi connectivity index (χ0v) is 16.8. The SMILES string of the molecule is CC1=C(C(N)=O)C(c2cccc(Cl)c2)C(C(=O)OC/C=C/c2ccco2)=C(C)N1. The summed E-state index contributed by atoms with van der Waals surface area (Å²) in [6, 6.07) is 10.6. The zero-order chi connectivity index (χ0) is 21.0. The quantitative estimate of drug-likeness (QED) is 0.701. The first kappa shape index (κ1) is 20.5. The third-order valence-electron chi connectivity index (χ3n) is 4.56. The summed E-state index contributed by atoms with van der Waals surface area (Å²) in [6.45, 7) is 3.55. The van der Waals surface area contributed by atoms with Gasteiger partial charge >= 0.3 is 5.97 Å².